The number of benzene rings is 2. The van der Waals surface area contributed by atoms with Crippen molar-refractivity contribution in [1.82, 2.24) is 3.96 Å². The Morgan fingerprint density at radius 2 is 1.63 bits per heavy atom. The third-order valence-electron chi connectivity index (χ3n) is 3.02. The van der Waals surface area contributed by atoms with E-state index in [0.29, 0.717) is 0 Å². The molecule has 0 atom stereocenters. The minimum atomic E-state index is 0.923. The van der Waals surface area contributed by atoms with Gasteiger partial charge in [-0.1, -0.05) is 60.2 Å². The highest BCUT2D eigenvalue weighted by molar-refractivity contribution is 7.73. The maximum absolute atomic E-state index is 5.48. The summed E-state index contributed by atoms with van der Waals surface area (Å²) >= 11 is 7.08. The Kier molecular flexibility index (Phi) is 3.32. The summed E-state index contributed by atoms with van der Waals surface area (Å²) < 4.78 is 3.05. The molecule has 1 nitrogen and oxygen atoms in total. The first-order chi connectivity index (χ1) is 9.24. The zero-order chi connectivity index (χ0) is 13.2. The van der Waals surface area contributed by atoms with Crippen molar-refractivity contribution in [2.75, 3.05) is 0 Å². The van der Waals surface area contributed by atoms with E-state index in [-0.39, 0.29) is 0 Å². The molecule has 0 aliphatic rings. The Labute approximate surface area is 121 Å². The molecule has 0 aliphatic heterocycles. The normalized spacial score (nSPS) is 10.6. The molecular weight excluding hydrogens is 270 g/mol. The van der Waals surface area contributed by atoms with Crippen molar-refractivity contribution in [1.29, 1.82) is 0 Å². The smallest absolute Gasteiger partial charge is 0.117 e. The van der Waals surface area contributed by atoms with Gasteiger partial charge in [0.15, 0.2) is 0 Å². The van der Waals surface area contributed by atoms with Gasteiger partial charge in [-0.2, -0.15) is 0 Å². The predicted molar refractivity (Wildman–Crippen MR) is 84.7 cm³/mol. The molecule has 1 heterocycles. The van der Waals surface area contributed by atoms with E-state index in [1.54, 1.807) is 11.5 Å². The second-order valence-corrected chi connectivity index (χ2v) is 6.10. The monoisotopic (exact) mass is 283 g/mol. The average Bonchev–Trinajstić information content (AvgIpc) is 2.83. The van der Waals surface area contributed by atoms with Gasteiger partial charge in [-0.25, -0.2) is 0 Å². The molecule has 3 rings (SSSR count). The lowest BCUT2D eigenvalue weighted by molar-refractivity contribution is 1.19. The van der Waals surface area contributed by atoms with E-state index < -0.39 is 0 Å². The van der Waals surface area contributed by atoms with Gasteiger partial charge in [-0.15, -0.1) is 0 Å². The minimum Gasteiger partial charge on any atom is -0.272 e. The van der Waals surface area contributed by atoms with Crippen LogP contribution in [0.2, 0.25) is 0 Å². The molecule has 0 spiro atoms. The van der Waals surface area contributed by atoms with Gasteiger partial charge in [-0.3, -0.25) is 3.96 Å². The number of nitrogens with zero attached hydrogens (tertiary/aromatic N) is 1. The minimum absolute atomic E-state index is 0.923. The molecule has 3 aromatic rings. The molecule has 0 amide bonds. The van der Waals surface area contributed by atoms with Crippen molar-refractivity contribution < 1.29 is 0 Å². The summed E-state index contributed by atoms with van der Waals surface area (Å²) in [5.41, 5.74) is 4.72. The molecule has 0 unspecified atom stereocenters. The highest BCUT2D eigenvalue weighted by Crippen LogP contribution is 2.26. The second-order valence-electron chi connectivity index (χ2n) is 4.45. The van der Waals surface area contributed by atoms with E-state index in [1.165, 1.54) is 11.1 Å². The fourth-order valence-corrected chi connectivity index (χ4v) is 3.21. The topological polar surface area (TPSA) is 4.93 Å². The van der Waals surface area contributed by atoms with Crippen LogP contribution in [0.5, 0.6) is 0 Å². The van der Waals surface area contributed by atoms with Crippen LogP contribution in [0.15, 0.2) is 60.8 Å². The SMILES string of the molecule is Cc1ccc(-n2cc(-c3ccccc3)c(=S)s2)cc1. The van der Waals surface area contributed by atoms with Gasteiger partial charge in [0.1, 0.15) is 3.82 Å². The van der Waals surface area contributed by atoms with E-state index in [1.807, 2.05) is 18.2 Å². The second kappa shape index (κ2) is 5.11. The van der Waals surface area contributed by atoms with Crippen LogP contribution in [0.25, 0.3) is 16.8 Å². The van der Waals surface area contributed by atoms with Gasteiger partial charge >= 0.3 is 0 Å². The van der Waals surface area contributed by atoms with Gasteiger partial charge in [-0.05, 0) is 36.2 Å². The van der Waals surface area contributed by atoms with Crippen molar-refractivity contribution in [3.05, 3.63) is 70.2 Å². The predicted octanol–water partition coefficient (Wildman–Crippen LogP) is 5.24. The molecule has 0 N–H and O–H groups in total. The van der Waals surface area contributed by atoms with E-state index in [2.05, 4.69) is 53.5 Å². The molecule has 94 valence electrons. The summed E-state index contributed by atoms with van der Waals surface area (Å²) in [6.07, 6.45) is 2.12. The number of hydrogen-bond acceptors (Lipinski definition) is 2. The van der Waals surface area contributed by atoms with Gasteiger partial charge in [0.05, 0.1) is 5.69 Å². The van der Waals surface area contributed by atoms with Crippen molar-refractivity contribution in [3.8, 4) is 16.8 Å². The molecule has 3 heteroatoms. The van der Waals surface area contributed by atoms with Crippen LogP contribution in [0.4, 0.5) is 0 Å². The van der Waals surface area contributed by atoms with Gasteiger partial charge < -0.3 is 0 Å². The quantitative estimate of drug-likeness (QED) is 0.582. The summed E-state index contributed by atoms with van der Waals surface area (Å²) in [5, 5.41) is 0. The fraction of sp³-hybridized carbons (Fsp3) is 0.0625. The molecule has 19 heavy (non-hydrogen) atoms. The first-order valence-electron chi connectivity index (χ1n) is 6.09. The lowest BCUT2D eigenvalue weighted by Crippen LogP contribution is -1.86. The van der Waals surface area contributed by atoms with Crippen LogP contribution in [0.3, 0.4) is 0 Å². The van der Waals surface area contributed by atoms with Crippen molar-refractivity contribution >= 4 is 23.8 Å². The highest BCUT2D eigenvalue weighted by atomic mass is 32.2. The summed E-state index contributed by atoms with van der Waals surface area (Å²) in [6, 6.07) is 18.8. The maximum atomic E-state index is 5.48. The van der Waals surface area contributed by atoms with E-state index in [0.717, 1.165) is 15.1 Å². The van der Waals surface area contributed by atoms with E-state index >= 15 is 0 Å². The van der Waals surface area contributed by atoms with Crippen LogP contribution in [-0.4, -0.2) is 3.96 Å². The molecule has 0 bridgehead atoms. The highest BCUT2D eigenvalue weighted by Gasteiger charge is 2.05. The molecule has 0 saturated carbocycles. The number of rotatable bonds is 2. The Balaban J connectivity index is 2.07. The van der Waals surface area contributed by atoms with Gasteiger partial charge in [0.2, 0.25) is 0 Å². The lowest BCUT2D eigenvalue weighted by Gasteiger charge is -2.01. The van der Waals surface area contributed by atoms with Crippen molar-refractivity contribution in [2.45, 2.75) is 6.92 Å². The Morgan fingerprint density at radius 1 is 0.947 bits per heavy atom. The molecule has 2 aromatic carbocycles. The van der Waals surface area contributed by atoms with E-state index in [4.69, 9.17) is 12.2 Å². The first kappa shape index (κ1) is 12.3. The number of aromatic nitrogens is 1. The summed E-state index contributed by atoms with van der Waals surface area (Å²) in [7, 11) is 0. The van der Waals surface area contributed by atoms with Crippen LogP contribution >= 0.6 is 23.8 Å². The largest absolute Gasteiger partial charge is 0.272 e. The maximum Gasteiger partial charge on any atom is 0.117 e. The zero-order valence-electron chi connectivity index (χ0n) is 10.5. The summed E-state index contributed by atoms with van der Waals surface area (Å²) in [5.74, 6) is 0. The third kappa shape index (κ3) is 2.53. The molecule has 1 aromatic heterocycles. The average molecular weight is 283 g/mol. The fourth-order valence-electron chi connectivity index (χ4n) is 1.96. The molecular formula is C16H13NS2. The Morgan fingerprint density at radius 3 is 2.32 bits per heavy atom. The van der Waals surface area contributed by atoms with E-state index in [9.17, 15) is 0 Å². The molecule has 0 fully saturated rings. The van der Waals surface area contributed by atoms with Crippen molar-refractivity contribution in [3.63, 3.8) is 0 Å². The standard InChI is InChI=1S/C16H13NS2/c1-12-7-9-14(10-8-12)17-11-15(16(18)19-17)13-5-3-2-4-6-13/h2-11H,1H3. The molecule has 0 saturated heterocycles. The first-order valence-corrected chi connectivity index (χ1v) is 7.27. The lowest BCUT2D eigenvalue weighted by atomic mass is 10.1. The van der Waals surface area contributed by atoms with Gasteiger partial charge in [0, 0.05) is 11.8 Å². The summed E-state index contributed by atoms with van der Waals surface area (Å²) in [6.45, 7) is 2.09. The summed E-state index contributed by atoms with van der Waals surface area (Å²) in [4.78, 5) is 0. The number of aryl methyl sites for hydroxylation is 1. The van der Waals surface area contributed by atoms with Crippen LogP contribution in [-0.2, 0) is 0 Å². The number of hydrogen-bond donors (Lipinski definition) is 0. The Hall–Kier alpha value is -1.71. The van der Waals surface area contributed by atoms with Crippen LogP contribution in [0.1, 0.15) is 5.56 Å². The van der Waals surface area contributed by atoms with Crippen molar-refractivity contribution in [2.24, 2.45) is 0 Å². The third-order valence-corrected chi connectivity index (χ3v) is 4.36. The molecule has 0 aliphatic carbocycles. The Bertz CT molecular complexity index is 736. The van der Waals surface area contributed by atoms with Gasteiger partial charge in [0.25, 0.3) is 0 Å². The van der Waals surface area contributed by atoms with Crippen LogP contribution in [0, 0.1) is 10.7 Å². The zero-order valence-corrected chi connectivity index (χ0v) is 12.2. The van der Waals surface area contributed by atoms with Crippen LogP contribution < -0.4 is 0 Å². The molecule has 0 radical (unpaired) electrons.